The largest absolute Gasteiger partial charge is 0.478 e. The van der Waals surface area contributed by atoms with E-state index in [2.05, 4.69) is 15.5 Å². The van der Waals surface area contributed by atoms with Gasteiger partial charge in [-0.15, -0.1) is 0 Å². The average Bonchev–Trinajstić information content (AvgIpc) is 3.40. The monoisotopic (exact) mass is 473 g/mol. The van der Waals surface area contributed by atoms with Gasteiger partial charge in [0.05, 0.1) is 34.9 Å². The lowest BCUT2D eigenvalue weighted by Gasteiger charge is -2.11. The van der Waals surface area contributed by atoms with Gasteiger partial charge in [-0.1, -0.05) is 35.9 Å². The number of carbonyl (C=O) groups is 2. The maximum atomic E-state index is 13.3. The van der Waals surface area contributed by atoms with Gasteiger partial charge in [0.15, 0.2) is 0 Å². The summed E-state index contributed by atoms with van der Waals surface area (Å²) in [5.74, 6) is -1.26. The molecule has 34 heavy (non-hydrogen) atoms. The Hall–Kier alpha value is -4.17. The first-order valence-electron chi connectivity index (χ1n) is 10.6. The van der Waals surface area contributed by atoms with E-state index in [1.807, 2.05) is 37.5 Å². The second kappa shape index (κ2) is 8.64. The molecule has 2 aromatic heterocycles. The molecule has 0 fully saturated rings. The quantitative estimate of drug-likeness (QED) is 0.384. The number of nitrogens with one attached hydrogen (secondary N) is 1. The summed E-state index contributed by atoms with van der Waals surface area (Å²) < 4.78 is 3.51. The molecule has 5 rings (SSSR count). The summed E-state index contributed by atoms with van der Waals surface area (Å²) in [4.78, 5) is 24.4. The molecule has 5 aromatic rings. The Morgan fingerprint density at radius 3 is 2.59 bits per heavy atom. The number of carboxylic acids is 1. The zero-order chi connectivity index (χ0) is 23.8. The summed E-state index contributed by atoms with van der Waals surface area (Å²) in [6.07, 6.45) is 3.67. The van der Waals surface area contributed by atoms with Gasteiger partial charge in [0.25, 0.3) is 5.91 Å². The Balaban J connectivity index is 1.51. The minimum Gasteiger partial charge on any atom is -0.478 e. The van der Waals surface area contributed by atoms with E-state index in [1.165, 1.54) is 12.1 Å². The lowest BCUT2D eigenvalue weighted by atomic mass is 10.1. The second-order valence-electron chi connectivity index (χ2n) is 8.04. The molecule has 0 aliphatic carbocycles. The minimum absolute atomic E-state index is 0.197. The van der Waals surface area contributed by atoms with Crippen LogP contribution in [0.5, 0.6) is 0 Å². The number of aryl methyl sites for hydroxylation is 1. The van der Waals surface area contributed by atoms with E-state index in [4.69, 9.17) is 16.7 Å². The van der Waals surface area contributed by atoms with Gasteiger partial charge < -0.3 is 10.4 Å². The van der Waals surface area contributed by atoms with E-state index in [0.29, 0.717) is 28.2 Å². The first kappa shape index (κ1) is 21.7. The Kier molecular flexibility index (Phi) is 5.51. The Bertz CT molecular complexity index is 1550. The number of aromatic nitrogens is 4. The minimum atomic E-state index is -0.991. The van der Waals surface area contributed by atoms with Crippen molar-refractivity contribution < 1.29 is 14.7 Å². The molecule has 0 saturated heterocycles. The molecule has 8 nitrogen and oxygen atoms in total. The van der Waals surface area contributed by atoms with Crippen molar-refractivity contribution in [3.8, 4) is 0 Å². The van der Waals surface area contributed by atoms with Crippen LogP contribution in [0.15, 0.2) is 67.0 Å². The van der Waals surface area contributed by atoms with Crippen LogP contribution >= 0.6 is 11.6 Å². The Labute approximate surface area is 199 Å². The van der Waals surface area contributed by atoms with Crippen LogP contribution in [0.4, 0.5) is 0 Å². The molecule has 170 valence electrons. The van der Waals surface area contributed by atoms with Crippen molar-refractivity contribution >= 4 is 45.3 Å². The third kappa shape index (κ3) is 4.11. The summed E-state index contributed by atoms with van der Waals surface area (Å²) in [5, 5.41) is 23.4. The van der Waals surface area contributed by atoms with Crippen molar-refractivity contribution in [1.82, 2.24) is 24.9 Å². The van der Waals surface area contributed by atoms with Gasteiger partial charge in [0, 0.05) is 35.6 Å². The summed E-state index contributed by atoms with van der Waals surface area (Å²) >= 11 is 6.15. The van der Waals surface area contributed by atoms with Gasteiger partial charge in [-0.25, -0.2) is 4.79 Å². The average molecular weight is 474 g/mol. The van der Waals surface area contributed by atoms with E-state index in [1.54, 1.807) is 33.8 Å². The highest BCUT2D eigenvalue weighted by molar-refractivity contribution is 6.30. The summed E-state index contributed by atoms with van der Waals surface area (Å²) in [6, 6.07) is 15.7. The van der Waals surface area contributed by atoms with Gasteiger partial charge in [-0.2, -0.15) is 10.2 Å². The highest BCUT2D eigenvalue weighted by Crippen LogP contribution is 2.29. The van der Waals surface area contributed by atoms with Gasteiger partial charge in [0.2, 0.25) is 0 Å². The first-order valence-corrected chi connectivity index (χ1v) is 10.9. The third-order valence-electron chi connectivity index (χ3n) is 5.64. The van der Waals surface area contributed by atoms with Gasteiger partial charge in [-0.3, -0.25) is 14.2 Å². The molecule has 0 radical (unpaired) electrons. The predicted octanol–water partition coefficient (Wildman–Crippen LogP) is 4.25. The van der Waals surface area contributed by atoms with Crippen LogP contribution in [0.25, 0.3) is 21.8 Å². The molecule has 2 N–H and O–H groups in total. The summed E-state index contributed by atoms with van der Waals surface area (Å²) in [7, 11) is 1.84. The number of rotatable bonds is 6. The number of hydrogen-bond donors (Lipinski definition) is 2. The van der Waals surface area contributed by atoms with Crippen LogP contribution < -0.4 is 5.32 Å². The molecule has 3 aromatic carbocycles. The number of amides is 1. The van der Waals surface area contributed by atoms with E-state index in [9.17, 15) is 9.59 Å². The molecule has 1 amide bonds. The highest BCUT2D eigenvalue weighted by Gasteiger charge is 2.19. The molecule has 2 heterocycles. The van der Waals surface area contributed by atoms with E-state index < -0.39 is 5.97 Å². The molecule has 9 heteroatoms. The number of halogens is 1. The SMILES string of the molecule is Cn1cc2c(cc(C(=O)NCc3ccc(C(=O)O)cc3)c3c2cnn3Cc2cccc(Cl)c2)n1. The number of hydrogen-bond acceptors (Lipinski definition) is 4. The maximum absolute atomic E-state index is 13.3. The van der Waals surface area contributed by atoms with Crippen LogP contribution in [0, 0.1) is 0 Å². The number of benzene rings is 3. The first-order chi connectivity index (χ1) is 16.4. The zero-order valence-corrected chi connectivity index (χ0v) is 19.0. The fourth-order valence-corrected chi connectivity index (χ4v) is 4.25. The number of aromatic carboxylic acids is 1. The molecule has 0 atom stereocenters. The lowest BCUT2D eigenvalue weighted by Crippen LogP contribution is -2.23. The van der Waals surface area contributed by atoms with Crippen molar-refractivity contribution in [3.63, 3.8) is 0 Å². The van der Waals surface area contributed by atoms with Crippen molar-refractivity contribution in [2.45, 2.75) is 13.1 Å². The molecule has 0 aliphatic rings. The van der Waals surface area contributed by atoms with E-state index in [0.717, 1.165) is 21.9 Å². The third-order valence-corrected chi connectivity index (χ3v) is 5.88. The van der Waals surface area contributed by atoms with Crippen molar-refractivity contribution in [2.75, 3.05) is 0 Å². The zero-order valence-electron chi connectivity index (χ0n) is 18.2. The lowest BCUT2D eigenvalue weighted by molar-refractivity contribution is 0.0696. The Morgan fingerprint density at radius 2 is 1.85 bits per heavy atom. The number of nitrogens with zero attached hydrogens (tertiary/aromatic N) is 4. The van der Waals surface area contributed by atoms with Gasteiger partial charge in [-0.05, 0) is 41.5 Å². The molecule has 0 unspecified atom stereocenters. The fourth-order valence-electron chi connectivity index (χ4n) is 4.04. The fraction of sp³-hybridized carbons (Fsp3) is 0.120. The standard InChI is InChI=1S/C25H20ClN5O3/c1-30-14-21-20-12-28-31(13-16-3-2-4-18(26)9-16)23(20)19(10-22(21)29-30)24(32)27-11-15-5-7-17(8-6-15)25(33)34/h2-10,12,14H,11,13H2,1H3,(H,27,32)(H,33,34). The van der Waals surface area contributed by atoms with Crippen LogP contribution in [-0.4, -0.2) is 36.5 Å². The van der Waals surface area contributed by atoms with E-state index in [-0.39, 0.29) is 18.0 Å². The molecular formula is C25H20ClN5O3. The molecule has 0 aliphatic heterocycles. The van der Waals surface area contributed by atoms with Gasteiger partial charge in [0.1, 0.15) is 0 Å². The van der Waals surface area contributed by atoms with Crippen LogP contribution in [-0.2, 0) is 20.1 Å². The molecule has 0 saturated carbocycles. The predicted molar refractivity (Wildman–Crippen MR) is 129 cm³/mol. The summed E-state index contributed by atoms with van der Waals surface area (Å²) in [6.45, 7) is 0.704. The molecule has 0 bridgehead atoms. The van der Waals surface area contributed by atoms with Crippen LogP contribution in [0.3, 0.4) is 0 Å². The molecular weight excluding hydrogens is 454 g/mol. The van der Waals surface area contributed by atoms with Crippen LogP contribution in [0.2, 0.25) is 5.02 Å². The van der Waals surface area contributed by atoms with Crippen molar-refractivity contribution in [3.05, 3.63) is 94.3 Å². The Morgan fingerprint density at radius 1 is 1.06 bits per heavy atom. The topological polar surface area (TPSA) is 102 Å². The maximum Gasteiger partial charge on any atom is 0.335 e. The number of carbonyl (C=O) groups excluding carboxylic acids is 1. The van der Waals surface area contributed by atoms with Crippen LogP contribution in [0.1, 0.15) is 31.8 Å². The smallest absolute Gasteiger partial charge is 0.335 e. The van der Waals surface area contributed by atoms with Gasteiger partial charge >= 0.3 is 5.97 Å². The summed E-state index contributed by atoms with van der Waals surface area (Å²) in [5.41, 5.74) is 3.83. The highest BCUT2D eigenvalue weighted by atomic mass is 35.5. The van der Waals surface area contributed by atoms with Crippen molar-refractivity contribution in [2.24, 2.45) is 7.05 Å². The normalized spacial score (nSPS) is 11.2. The molecule has 0 spiro atoms. The number of fused-ring (bicyclic) bond motifs is 3. The van der Waals surface area contributed by atoms with E-state index >= 15 is 0 Å². The second-order valence-corrected chi connectivity index (χ2v) is 8.48. The van der Waals surface area contributed by atoms with Crippen molar-refractivity contribution in [1.29, 1.82) is 0 Å². The number of carboxylic acid groups (broad SMARTS) is 1.